The van der Waals surface area contributed by atoms with Crippen LogP contribution < -0.4 is 0 Å². The maximum Gasteiger partial charge on any atom is 0.0678 e. The van der Waals surface area contributed by atoms with Crippen molar-refractivity contribution in [1.29, 1.82) is 0 Å². The van der Waals surface area contributed by atoms with Gasteiger partial charge in [-0.25, -0.2) is 0 Å². The highest BCUT2D eigenvalue weighted by atomic mass is 32.1. The lowest BCUT2D eigenvalue weighted by atomic mass is 10.0. The van der Waals surface area contributed by atoms with Gasteiger partial charge in [0.05, 0.1) is 18.0 Å². The summed E-state index contributed by atoms with van der Waals surface area (Å²) in [6.07, 6.45) is 10.5. The largest absolute Gasteiger partial charge is 0.395 e. The summed E-state index contributed by atoms with van der Waals surface area (Å²) in [5.41, 5.74) is 0. The molecule has 2 atom stereocenters. The van der Waals surface area contributed by atoms with Gasteiger partial charge in [-0.3, -0.25) is 0 Å². The molecule has 0 aliphatic carbocycles. The van der Waals surface area contributed by atoms with E-state index in [1.165, 1.54) is 44.9 Å². The second-order valence-electron chi connectivity index (χ2n) is 4.58. The van der Waals surface area contributed by atoms with E-state index in [0.29, 0.717) is 0 Å². The standard InChI is InChI=1S/C13H28O2S/c1-2-3-4-5-6-7-8-9-10-12(15)13(16)11-14/h12-16H,2-11H2,1H3. The van der Waals surface area contributed by atoms with Gasteiger partial charge in [-0.05, 0) is 6.42 Å². The van der Waals surface area contributed by atoms with Gasteiger partial charge in [0.1, 0.15) is 0 Å². The molecule has 0 fully saturated rings. The number of aliphatic hydroxyl groups is 2. The van der Waals surface area contributed by atoms with Gasteiger partial charge in [0.15, 0.2) is 0 Å². The molecule has 0 aromatic heterocycles. The Bertz CT molecular complexity index is 142. The van der Waals surface area contributed by atoms with Gasteiger partial charge in [-0.1, -0.05) is 58.3 Å². The van der Waals surface area contributed by atoms with Gasteiger partial charge >= 0.3 is 0 Å². The van der Waals surface area contributed by atoms with Crippen LogP contribution in [0.5, 0.6) is 0 Å². The van der Waals surface area contributed by atoms with Crippen LogP contribution in [0.4, 0.5) is 0 Å². The molecule has 2 N–H and O–H groups in total. The third kappa shape index (κ3) is 9.49. The molecule has 0 rings (SSSR count). The molecular formula is C13H28O2S. The SMILES string of the molecule is CCCCCCCCCCC(O)C(S)CO. The topological polar surface area (TPSA) is 40.5 Å². The quantitative estimate of drug-likeness (QED) is 0.388. The minimum atomic E-state index is -0.451. The van der Waals surface area contributed by atoms with Gasteiger partial charge in [0, 0.05) is 0 Å². The van der Waals surface area contributed by atoms with Crippen LogP contribution in [0.2, 0.25) is 0 Å². The molecular weight excluding hydrogens is 220 g/mol. The maximum absolute atomic E-state index is 9.55. The minimum Gasteiger partial charge on any atom is -0.395 e. The lowest BCUT2D eigenvalue weighted by Crippen LogP contribution is -2.24. The van der Waals surface area contributed by atoms with E-state index in [1.54, 1.807) is 0 Å². The Labute approximate surface area is 106 Å². The second-order valence-corrected chi connectivity index (χ2v) is 5.24. The Kier molecular flexibility index (Phi) is 11.9. The van der Waals surface area contributed by atoms with Crippen LogP contribution in [0.3, 0.4) is 0 Å². The number of hydrogen-bond acceptors (Lipinski definition) is 3. The molecule has 0 heterocycles. The van der Waals surface area contributed by atoms with E-state index in [0.717, 1.165) is 12.8 Å². The first-order valence-corrected chi connectivity index (χ1v) is 7.21. The molecule has 0 aromatic rings. The number of unbranched alkanes of at least 4 members (excludes halogenated alkanes) is 7. The highest BCUT2D eigenvalue weighted by molar-refractivity contribution is 7.81. The predicted molar refractivity (Wildman–Crippen MR) is 73.1 cm³/mol. The molecule has 98 valence electrons. The highest BCUT2D eigenvalue weighted by Gasteiger charge is 2.12. The summed E-state index contributed by atoms with van der Waals surface area (Å²) in [6.45, 7) is 2.19. The van der Waals surface area contributed by atoms with Crippen molar-refractivity contribution < 1.29 is 10.2 Å². The van der Waals surface area contributed by atoms with Crippen LogP contribution in [-0.4, -0.2) is 28.2 Å². The molecule has 0 aromatic carbocycles. The van der Waals surface area contributed by atoms with Crippen molar-refractivity contribution in [2.75, 3.05) is 6.61 Å². The van der Waals surface area contributed by atoms with Crippen molar-refractivity contribution >= 4 is 12.6 Å². The number of hydrogen-bond donors (Lipinski definition) is 3. The lowest BCUT2D eigenvalue weighted by Gasteiger charge is -2.15. The first-order valence-electron chi connectivity index (χ1n) is 6.69. The van der Waals surface area contributed by atoms with Crippen molar-refractivity contribution in [2.24, 2.45) is 0 Å². The molecule has 16 heavy (non-hydrogen) atoms. The Morgan fingerprint density at radius 2 is 1.44 bits per heavy atom. The zero-order chi connectivity index (χ0) is 12.2. The molecule has 2 nitrogen and oxygen atoms in total. The fourth-order valence-electron chi connectivity index (χ4n) is 1.80. The predicted octanol–water partition coefficient (Wildman–Crippen LogP) is 3.17. The molecule has 0 bridgehead atoms. The Morgan fingerprint density at radius 3 is 1.94 bits per heavy atom. The van der Waals surface area contributed by atoms with Crippen LogP contribution >= 0.6 is 12.6 Å². The average Bonchev–Trinajstić information content (AvgIpc) is 2.31. The van der Waals surface area contributed by atoms with Gasteiger partial charge in [0.2, 0.25) is 0 Å². The van der Waals surface area contributed by atoms with Gasteiger partial charge in [-0.2, -0.15) is 12.6 Å². The van der Waals surface area contributed by atoms with E-state index in [9.17, 15) is 5.11 Å². The number of aliphatic hydroxyl groups excluding tert-OH is 2. The zero-order valence-corrected chi connectivity index (χ0v) is 11.5. The normalized spacial score (nSPS) is 15.0. The fourth-order valence-corrected chi connectivity index (χ4v) is 1.95. The van der Waals surface area contributed by atoms with E-state index < -0.39 is 6.10 Å². The van der Waals surface area contributed by atoms with Crippen molar-refractivity contribution in [2.45, 2.75) is 76.1 Å². The van der Waals surface area contributed by atoms with Gasteiger partial charge in [-0.15, -0.1) is 0 Å². The third-order valence-corrected chi connectivity index (χ3v) is 3.49. The van der Waals surface area contributed by atoms with Gasteiger partial charge in [0.25, 0.3) is 0 Å². The number of rotatable bonds is 11. The lowest BCUT2D eigenvalue weighted by molar-refractivity contribution is 0.130. The minimum absolute atomic E-state index is 0.0404. The van der Waals surface area contributed by atoms with E-state index in [1.807, 2.05) is 0 Å². The summed E-state index contributed by atoms with van der Waals surface area (Å²) in [5, 5.41) is 18.1. The summed E-state index contributed by atoms with van der Waals surface area (Å²) >= 11 is 4.11. The molecule has 0 saturated heterocycles. The molecule has 2 unspecified atom stereocenters. The van der Waals surface area contributed by atoms with Crippen LogP contribution in [0, 0.1) is 0 Å². The van der Waals surface area contributed by atoms with Crippen molar-refractivity contribution in [3.05, 3.63) is 0 Å². The Hall–Kier alpha value is 0.270. The Balaban J connectivity index is 3.14. The first-order chi connectivity index (χ1) is 7.72. The van der Waals surface area contributed by atoms with E-state index in [2.05, 4.69) is 19.6 Å². The van der Waals surface area contributed by atoms with Crippen LogP contribution in [0.1, 0.15) is 64.7 Å². The third-order valence-electron chi connectivity index (χ3n) is 2.98. The van der Waals surface area contributed by atoms with Gasteiger partial charge < -0.3 is 10.2 Å². The van der Waals surface area contributed by atoms with E-state index in [4.69, 9.17) is 5.11 Å². The van der Waals surface area contributed by atoms with Crippen molar-refractivity contribution in [3.63, 3.8) is 0 Å². The van der Waals surface area contributed by atoms with E-state index in [-0.39, 0.29) is 11.9 Å². The van der Waals surface area contributed by atoms with E-state index >= 15 is 0 Å². The molecule has 0 aliphatic heterocycles. The smallest absolute Gasteiger partial charge is 0.0678 e. The second kappa shape index (κ2) is 11.7. The summed E-state index contributed by atoms with van der Waals surface area (Å²) < 4.78 is 0. The molecule has 0 aliphatic rings. The summed E-state index contributed by atoms with van der Waals surface area (Å²) in [7, 11) is 0. The van der Waals surface area contributed by atoms with Crippen LogP contribution in [0.15, 0.2) is 0 Å². The summed E-state index contributed by atoms with van der Waals surface area (Å²) in [6, 6.07) is 0. The molecule has 0 radical (unpaired) electrons. The fraction of sp³-hybridized carbons (Fsp3) is 1.00. The summed E-state index contributed by atoms with van der Waals surface area (Å²) in [5.74, 6) is 0. The average molecular weight is 248 g/mol. The zero-order valence-electron chi connectivity index (χ0n) is 10.6. The summed E-state index contributed by atoms with van der Waals surface area (Å²) in [4.78, 5) is 0. The van der Waals surface area contributed by atoms with Crippen molar-refractivity contribution in [3.8, 4) is 0 Å². The van der Waals surface area contributed by atoms with Crippen molar-refractivity contribution in [1.82, 2.24) is 0 Å². The number of thiol groups is 1. The Morgan fingerprint density at radius 1 is 0.938 bits per heavy atom. The first kappa shape index (κ1) is 16.3. The maximum atomic E-state index is 9.55. The highest BCUT2D eigenvalue weighted by Crippen LogP contribution is 2.13. The van der Waals surface area contributed by atoms with Crippen LogP contribution in [0.25, 0.3) is 0 Å². The molecule has 3 heteroatoms. The van der Waals surface area contributed by atoms with Crippen LogP contribution in [-0.2, 0) is 0 Å². The molecule has 0 spiro atoms. The monoisotopic (exact) mass is 248 g/mol. The molecule has 0 amide bonds. The molecule has 0 saturated carbocycles.